The number of hydrogen-bond acceptors (Lipinski definition) is 1. The van der Waals surface area contributed by atoms with Gasteiger partial charge in [-0.05, 0) is 68.3 Å². The number of benzene rings is 2. The summed E-state index contributed by atoms with van der Waals surface area (Å²) in [7, 11) is 1.60. The summed E-state index contributed by atoms with van der Waals surface area (Å²) in [6.07, 6.45) is 0. The third-order valence-corrected chi connectivity index (χ3v) is 5.48. The fourth-order valence-corrected chi connectivity index (χ4v) is 4.81. The fraction of sp³-hybridized carbons (Fsp3) is 0.143. The number of hydrogen-bond donors (Lipinski definition) is 0. The van der Waals surface area contributed by atoms with Gasteiger partial charge in [-0.15, -0.1) is 0 Å². The lowest BCUT2D eigenvalue weighted by atomic mass is 10.0. The number of halogens is 5. The molecule has 0 bridgehead atoms. The summed E-state index contributed by atoms with van der Waals surface area (Å²) in [5, 5.41) is 0.606. The Morgan fingerprint density at radius 3 is 2.55 bits per heavy atom. The lowest BCUT2D eigenvalue weighted by Gasteiger charge is -2.17. The Labute approximate surface area is 152 Å². The number of ether oxygens (including phenoxy) is 1. The molecule has 0 aliphatic rings. The molecule has 2 rings (SSSR count). The highest BCUT2D eigenvalue weighted by Gasteiger charge is 2.20. The lowest BCUT2D eigenvalue weighted by molar-refractivity contribution is 0.408. The predicted molar refractivity (Wildman–Crippen MR) is 95.6 cm³/mol. The minimum atomic E-state index is -0.253. The van der Waals surface area contributed by atoms with Gasteiger partial charge in [0.15, 0.2) is 0 Å². The summed E-state index contributed by atoms with van der Waals surface area (Å²) in [5.74, 6) is 0.452. The van der Waals surface area contributed by atoms with Crippen LogP contribution in [0.5, 0.6) is 5.75 Å². The Hall–Kier alpha value is 0.150. The molecule has 1 unspecified atom stereocenters. The topological polar surface area (TPSA) is 9.23 Å². The molecule has 20 heavy (non-hydrogen) atoms. The largest absolute Gasteiger partial charge is 0.495 e. The van der Waals surface area contributed by atoms with Crippen LogP contribution in [0.15, 0.2) is 34.8 Å². The Morgan fingerprint density at radius 2 is 1.95 bits per heavy atom. The van der Waals surface area contributed by atoms with E-state index in [-0.39, 0.29) is 10.6 Å². The van der Waals surface area contributed by atoms with E-state index in [1.54, 1.807) is 19.2 Å². The molecule has 2 aromatic rings. The zero-order valence-electron chi connectivity index (χ0n) is 10.3. The van der Waals surface area contributed by atoms with Gasteiger partial charge in [0.25, 0.3) is 0 Å². The molecule has 1 atom stereocenters. The van der Waals surface area contributed by atoms with Crippen molar-refractivity contribution < 1.29 is 9.13 Å². The summed E-state index contributed by atoms with van der Waals surface area (Å²) in [5.41, 5.74) is 1.84. The second kappa shape index (κ2) is 6.94. The number of methoxy groups -OCH3 is 1. The van der Waals surface area contributed by atoms with E-state index in [0.717, 1.165) is 19.2 Å². The van der Waals surface area contributed by atoms with Crippen molar-refractivity contribution in [1.82, 2.24) is 0 Å². The van der Waals surface area contributed by atoms with Crippen LogP contribution in [0.2, 0.25) is 5.02 Å². The van der Waals surface area contributed by atoms with Crippen LogP contribution in [0.25, 0.3) is 0 Å². The highest BCUT2D eigenvalue weighted by atomic mass is 127. The molecule has 0 N–H and O–H groups in total. The van der Waals surface area contributed by atoms with E-state index in [1.807, 2.05) is 6.07 Å². The summed E-state index contributed by atoms with van der Waals surface area (Å²) in [4.78, 5) is -0.139. The van der Waals surface area contributed by atoms with E-state index in [4.69, 9.17) is 16.3 Å². The van der Waals surface area contributed by atoms with Gasteiger partial charge in [0, 0.05) is 14.2 Å². The van der Waals surface area contributed by atoms with Crippen molar-refractivity contribution >= 4 is 66.1 Å². The minimum absolute atomic E-state index is 0.139. The van der Waals surface area contributed by atoms with Gasteiger partial charge in [-0.25, -0.2) is 4.39 Å². The van der Waals surface area contributed by atoms with Crippen LogP contribution in [0.4, 0.5) is 4.39 Å². The molecule has 6 heteroatoms. The molecule has 1 nitrogen and oxygen atoms in total. The van der Waals surface area contributed by atoms with E-state index >= 15 is 0 Å². The molecule has 0 aliphatic heterocycles. The SMILES string of the molecule is COc1c(Br)cc(Cl)cc1C(Br)c1ccc(F)cc1I. The first kappa shape index (κ1) is 16.5. The number of rotatable bonds is 3. The Balaban J connectivity index is 2.55. The van der Waals surface area contributed by atoms with Crippen LogP contribution in [0, 0.1) is 9.39 Å². The molecule has 0 spiro atoms. The second-order valence-electron chi connectivity index (χ2n) is 4.04. The summed E-state index contributed by atoms with van der Waals surface area (Å²) in [6.45, 7) is 0. The molecular weight excluding hydrogens is 525 g/mol. The van der Waals surface area contributed by atoms with E-state index in [9.17, 15) is 4.39 Å². The van der Waals surface area contributed by atoms with Gasteiger partial charge in [0.2, 0.25) is 0 Å². The predicted octanol–water partition coefficient (Wildman–Crippen LogP) is 6.34. The highest BCUT2D eigenvalue weighted by Crippen LogP contribution is 2.43. The maximum Gasteiger partial charge on any atom is 0.137 e. The molecule has 0 heterocycles. The van der Waals surface area contributed by atoms with E-state index < -0.39 is 0 Å². The molecule has 106 valence electrons. The average Bonchev–Trinajstić information content (AvgIpc) is 2.37. The third-order valence-electron chi connectivity index (χ3n) is 2.75. The van der Waals surface area contributed by atoms with Crippen molar-refractivity contribution in [2.45, 2.75) is 4.83 Å². The molecule has 0 fully saturated rings. The quantitative estimate of drug-likeness (QED) is 0.330. The maximum absolute atomic E-state index is 13.2. The molecule has 0 radical (unpaired) electrons. The minimum Gasteiger partial charge on any atom is -0.495 e. The first-order valence-electron chi connectivity index (χ1n) is 5.56. The first-order chi connectivity index (χ1) is 9.43. The van der Waals surface area contributed by atoms with Gasteiger partial charge in [0.05, 0.1) is 16.4 Å². The standard InChI is InChI=1S/C14H9Br2ClFIO/c1-20-14-10(4-7(17)5-11(14)15)13(16)9-3-2-8(18)6-12(9)19/h2-6,13H,1H3. The fourth-order valence-electron chi connectivity index (χ4n) is 1.86. The van der Waals surface area contributed by atoms with Gasteiger partial charge in [-0.2, -0.15) is 0 Å². The zero-order chi connectivity index (χ0) is 14.9. The van der Waals surface area contributed by atoms with E-state index in [0.29, 0.717) is 10.8 Å². The zero-order valence-corrected chi connectivity index (χ0v) is 16.3. The second-order valence-corrected chi connectivity index (χ2v) is 7.41. The molecule has 0 saturated carbocycles. The number of alkyl halides is 1. The molecule has 0 amide bonds. The summed E-state index contributed by atoms with van der Waals surface area (Å²) >= 11 is 15.3. The van der Waals surface area contributed by atoms with Crippen LogP contribution in [0.1, 0.15) is 16.0 Å². The van der Waals surface area contributed by atoms with Crippen molar-refractivity contribution in [1.29, 1.82) is 0 Å². The Morgan fingerprint density at radius 1 is 1.25 bits per heavy atom. The molecule has 0 aliphatic carbocycles. The molecule has 0 aromatic heterocycles. The van der Waals surface area contributed by atoms with E-state index in [2.05, 4.69) is 54.5 Å². The Kier molecular flexibility index (Phi) is 5.73. The highest BCUT2D eigenvalue weighted by molar-refractivity contribution is 14.1. The smallest absolute Gasteiger partial charge is 0.137 e. The average molecular weight is 534 g/mol. The van der Waals surface area contributed by atoms with Crippen LogP contribution in [0.3, 0.4) is 0 Å². The maximum atomic E-state index is 13.2. The van der Waals surface area contributed by atoms with Gasteiger partial charge in [0.1, 0.15) is 11.6 Å². The molecule has 0 saturated heterocycles. The first-order valence-corrected chi connectivity index (χ1v) is 8.72. The van der Waals surface area contributed by atoms with Crippen molar-refractivity contribution in [2.75, 3.05) is 7.11 Å². The van der Waals surface area contributed by atoms with Crippen molar-refractivity contribution in [3.8, 4) is 5.75 Å². The van der Waals surface area contributed by atoms with E-state index in [1.165, 1.54) is 12.1 Å². The van der Waals surface area contributed by atoms with Crippen molar-refractivity contribution in [3.05, 3.63) is 60.3 Å². The Bertz CT molecular complexity index is 651. The molecular formula is C14H9Br2ClFIO. The van der Waals surface area contributed by atoms with Crippen LogP contribution < -0.4 is 4.74 Å². The van der Waals surface area contributed by atoms with Crippen molar-refractivity contribution in [2.24, 2.45) is 0 Å². The summed E-state index contributed by atoms with van der Waals surface area (Å²) in [6, 6.07) is 8.31. The van der Waals surface area contributed by atoms with Crippen molar-refractivity contribution in [3.63, 3.8) is 0 Å². The molecule has 2 aromatic carbocycles. The van der Waals surface area contributed by atoms with Gasteiger partial charge < -0.3 is 4.74 Å². The van der Waals surface area contributed by atoms with Crippen LogP contribution >= 0.6 is 66.1 Å². The monoisotopic (exact) mass is 532 g/mol. The van der Waals surface area contributed by atoms with Crippen LogP contribution in [-0.2, 0) is 0 Å². The van der Waals surface area contributed by atoms with Gasteiger partial charge in [-0.3, -0.25) is 0 Å². The van der Waals surface area contributed by atoms with Crippen LogP contribution in [-0.4, -0.2) is 7.11 Å². The summed E-state index contributed by atoms with van der Waals surface area (Å²) < 4.78 is 20.3. The third kappa shape index (κ3) is 3.48. The van der Waals surface area contributed by atoms with Gasteiger partial charge in [-0.1, -0.05) is 33.6 Å². The normalized spacial score (nSPS) is 12.3. The van der Waals surface area contributed by atoms with Gasteiger partial charge >= 0.3 is 0 Å². The lowest BCUT2D eigenvalue weighted by Crippen LogP contribution is -2.00.